The van der Waals surface area contributed by atoms with Gasteiger partial charge >= 0.3 is 0 Å². The quantitative estimate of drug-likeness (QED) is 0.614. The van der Waals surface area contributed by atoms with E-state index in [4.69, 9.17) is 4.74 Å². The third-order valence-electron chi connectivity index (χ3n) is 5.34. The van der Waals surface area contributed by atoms with Crippen molar-refractivity contribution in [2.45, 2.75) is 51.1 Å². The molecular formula is C20H32N4O. The number of nitrogens with one attached hydrogen (secondary N) is 2. The number of rotatable bonds is 6. The van der Waals surface area contributed by atoms with Gasteiger partial charge in [-0.1, -0.05) is 12.1 Å². The fourth-order valence-electron chi connectivity index (χ4n) is 3.58. The zero-order chi connectivity index (χ0) is 17.6. The van der Waals surface area contributed by atoms with E-state index in [9.17, 15) is 0 Å². The van der Waals surface area contributed by atoms with Gasteiger partial charge in [0.15, 0.2) is 5.96 Å². The van der Waals surface area contributed by atoms with Crippen LogP contribution in [-0.2, 0) is 6.42 Å². The average molecular weight is 345 g/mol. The number of hydrogen-bond acceptors (Lipinski definition) is 3. The van der Waals surface area contributed by atoms with Crippen LogP contribution in [0.4, 0.5) is 0 Å². The number of benzene rings is 1. The molecule has 0 bridgehead atoms. The predicted molar refractivity (Wildman–Crippen MR) is 104 cm³/mol. The monoisotopic (exact) mass is 344 g/mol. The first-order valence-corrected chi connectivity index (χ1v) is 9.54. The summed E-state index contributed by atoms with van der Waals surface area (Å²) in [5.41, 5.74) is 2.46. The molecule has 0 atom stereocenters. The van der Waals surface area contributed by atoms with Crippen molar-refractivity contribution < 1.29 is 4.74 Å². The predicted octanol–water partition coefficient (Wildman–Crippen LogP) is 2.34. The number of aliphatic imine (C=N–C) groups is 1. The topological polar surface area (TPSA) is 48.9 Å². The molecule has 1 aromatic carbocycles. The van der Waals surface area contributed by atoms with Crippen molar-refractivity contribution in [3.8, 4) is 5.75 Å². The summed E-state index contributed by atoms with van der Waals surface area (Å²) in [5.74, 6) is 1.88. The summed E-state index contributed by atoms with van der Waals surface area (Å²) in [6.45, 7) is 5.39. The normalized spacial score (nSPS) is 19.7. The van der Waals surface area contributed by atoms with Gasteiger partial charge in [0.2, 0.25) is 0 Å². The Hall–Kier alpha value is -1.75. The number of hydrogen-bond donors (Lipinski definition) is 2. The van der Waals surface area contributed by atoms with E-state index >= 15 is 0 Å². The molecule has 138 valence electrons. The maximum absolute atomic E-state index is 5.40. The van der Waals surface area contributed by atoms with Gasteiger partial charge in [0.25, 0.3) is 0 Å². The second kappa shape index (κ2) is 8.56. The van der Waals surface area contributed by atoms with Gasteiger partial charge in [-0.3, -0.25) is 4.99 Å². The van der Waals surface area contributed by atoms with Crippen LogP contribution in [0.25, 0.3) is 0 Å². The van der Waals surface area contributed by atoms with E-state index in [0.717, 1.165) is 30.7 Å². The molecule has 0 unspecified atom stereocenters. The summed E-state index contributed by atoms with van der Waals surface area (Å²) in [4.78, 5) is 7.04. The molecule has 2 fully saturated rings. The third-order valence-corrected chi connectivity index (χ3v) is 5.34. The molecule has 5 heteroatoms. The van der Waals surface area contributed by atoms with Crippen molar-refractivity contribution >= 4 is 5.96 Å². The maximum Gasteiger partial charge on any atom is 0.191 e. The van der Waals surface area contributed by atoms with Gasteiger partial charge in [0.05, 0.1) is 7.11 Å². The lowest BCUT2D eigenvalue weighted by atomic mass is 10.1. The minimum atomic E-state index is 0.542. The molecule has 3 rings (SSSR count). The summed E-state index contributed by atoms with van der Waals surface area (Å²) >= 11 is 0. The first-order chi connectivity index (χ1) is 12.2. The fourth-order valence-corrected chi connectivity index (χ4v) is 3.58. The molecule has 0 radical (unpaired) electrons. The van der Waals surface area contributed by atoms with E-state index < -0.39 is 0 Å². The Bertz CT molecular complexity index is 589. The lowest BCUT2D eigenvalue weighted by Gasteiger charge is -2.33. The molecular weight excluding hydrogens is 312 g/mol. The molecule has 1 saturated carbocycles. The van der Waals surface area contributed by atoms with Crippen molar-refractivity contribution in [3.05, 3.63) is 29.3 Å². The minimum absolute atomic E-state index is 0.542. The van der Waals surface area contributed by atoms with Crippen LogP contribution in [0.1, 0.15) is 36.8 Å². The molecule has 2 N–H and O–H groups in total. The summed E-state index contributed by atoms with van der Waals surface area (Å²) in [6, 6.07) is 7.85. The highest BCUT2D eigenvalue weighted by Gasteiger charge is 2.31. The van der Waals surface area contributed by atoms with Crippen molar-refractivity contribution in [1.82, 2.24) is 15.5 Å². The van der Waals surface area contributed by atoms with Gasteiger partial charge in [0.1, 0.15) is 5.75 Å². The molecule has 2 aliphatic rings. The van der Waals surface area contributed by atoms with Crippen LogP contribution in [0.2, 0.25) is 0 Å². The Morgan fingerprint density at radius 3 is 2.64 bits per heavy atom. The third kappa shape index (κ3) is 5.11. The first-order valence-electron chi connectivity index (χ1n) is 9.54. The lowest BCUT2D eigenvalue weighted by molar-refractivity contribution is 0.197. The smallest absolute Gasteiger partial charge is 0.191 e. The number of ether oxygens (including phenoxy) is 1. The van der Waals surface area contributed by atoms with Crippen LogP contribution in [0, 0.1) is 6.92 Å². The second-order valence-corrected chi connectivity index (χ2v) is 7.24. The summed E-state index contributed by atoms with van der Waals surface area (Å²) in [7, 11) is 3.58. The van der Waals surface area contributed by atoms with Gasteiger partial charge < -0.3 is 20.3 Å². The number of likely N-dealkylation sites (tertiary alicyclic amines) is 1. The first kappa shape index (κ1) is 18.1. The van der Waals surface area contributed by atoms with Crippen LogP contribution in [0.15, 0.2) is 23.2 Å². The van der Waals surface area contributed by atoms with Gasteiger partial charge in [-0.05, 0) is 56.2 Å². The maximum atomic E-state index is 5.40. The summed E-state index contributed by atoms with van der Waals surface area (Å²) in [6.07, 6.45) is 6.20. The van der Waals surface area contributed by atoms with E-state index in [0.29, 0.717) is 6.04 Å². The van der Waals surface area contributed by atoms with E-state index in [1.807, 2.05) is 7.05 Å². The van der Waals surface area contributed by atoms with Crippen molar-refractivity contribution in [1.29, 1.82) is 0 Å². The second-order valence-electron chi connectivity index (χ2n) is 7.24. The Balaban J connectivity index is 1.40. The van der Waals surface area contributed by atoms with Gasteiger partial charge in [0, 0.05) is 38.8 Å². The SMILES string of the molecule is CN=C(NCCc1ccc(C)c(OC)c1)NC1CCN(C2CC2)CC1. The molecule has 25 heavy (non-hydrogen) atoms. The van der Waals surface area contributed by atoms with Gasteiger partial charge in [-0.15, -0.1) is 0 Å². The van der Waals surface area contributed by atoms with E-state index in [1.54, 1.807) is 7.11 Å². The van der Waals surface area contributed by atoms with E-state index in [2.05, 4.69) is 45.6 Å². The largest absolute Gasteiger partial charge is 0.496 e. The molecule has 0 aromatic heterocycles. The average Bonchev–Trinajstić information content (AvgIpc) is 3.48. The lowest BCUT2D eigenvalue weighted by Crippen LogP contribution is -2.49. The van der Waals surface area contributed by atoms with Crippen LogP contribution in [0.5, 0.6) is 5.75 Å². The van der Waals surface area contributed by atoms with Crippen molar-refractivity contribution in [3.63, 3.8) is 0 Å². The number of piperidine rings is 1. The van der Waals surface area contributed by atoms with Crippen LogP contribution in [-0.4, -0.2) is 56.7 Å². The van der Waals surface area contributed by atoms with Crippen molar-refractivity contribution in [2.24, 2.45) is 4.99 Å². The summed E-state index contributed by atoms with van der Waals surface area (Å²) in [5, 5.41) is 7.04. The molecule has 1 heterocycles. The molecule has 1 saturated heterocycles. The zero-order valence-corrected chi connectivity index (χ0v) is 15.8. The highest BCUT2D eigenvalue weighted by atomic mass is 16.5. The van der Waals surface area contributed by atoms with Gasteiger partial charge in [-0.25, -0.2) is 0 Å². The zero-order valence-electron chi connectivity index (χ0n) is 15.8. The van der Waals surface area contributed by atoms with Crippen LogP contribution in [0.3, 0.4) is 0 Å². The van der Waals surface area contributed by atoms with Crippen LogP contribution >= 0.6 is 0 Å². The Labute approximate surface area is 151 Å². The molecule has 1 aliphatic carbocycles. The number of guanidine groups is 1. The molecule has 1 aliphatic heterocycles. The standard InChI is InChI=1S/C20H32N4O/c1-15-4-5-16(14-19(15)25-3)8-11-22-20(21-2)23-17-9-12-24(13-10-17)18-6-7-18/h4-5,14,17-18H,6-13H2,1-3H3,(H2,21,22,23). The van der Waals surface area contributed by atoms with E-state index in [-0.39, 0.29) is 0 Å². The van der Waals surface area contributed by atoms with Gasteiger partial charge in [-0.2, -0.15) is 0 Å². The Morgan fingerprint density at radius 2 is 2.00 bits per heavy atom. The number of methoxy groups -OCH3 is 1. The molecule has 1 aromatic rings. The molecule has 0 spiro atoms. The molecule has 0 amide bonds. The Morgan fingerprint density at radius 1 is 1.24 bits per heavy atom. The number of nitrogens with zero attached hydrogens (tertiary/aromatic N) is 2. The number of aryl methyl sites for hydroxylation is 1. The Kier molecular flexibility index (Phi) is 6.19. The fraction of sp³-hybridized carbons (Fsp3) is 0.650. The minimum Gasteiger partial charge on any atom is -0.496 e. The molecule has 5 nitrogen and oxygen atoms in total. The van der Waals surface area contributed by atoms with E-state index in [1.165, 1.54) is 49.9 Å². The van der Waals surface area contributed by atoms with Crippen molar-refractivity contribution in [2.75, 3.05) is 33.8 Å². The highest BCUT2D eigenvalue weighted by molar-refractivity contribution is 5.79. The summed E-state index contributed by atoms with van der Waals surface area (Å²) < 4.78 is 5.40. The highest BCUT2D eigenvalue weighted by Crippen LogP contribution is 2.29. The van der Waals surface area contributed by atoms with Crippen LogP contribution < -0.4 is 15.4 Å².